The number of anilines is 1. The zero-order valence-corrected chi connectivity index (χ0v) is 8.23. The average molecular weight is 188 g/mol. The highest BCUT2D eigenvalue weighted by molar-refractivity contribution is 5.91. The van der Waals surface area contributed by atoms with E-state index in [0.29, 0.717) is 0 Å². The van der Waals surface area contributed by atoms with Crippen LogP contribution in [0, 0.1) is 6.92 Å². The van der Waals surface area contributed by atoms with E-state index in [1.54, 1.807) is 7.05 Å². The van der Waals surface area contributed by atoms with E-state index in [-0.39, 0.29) is 0 Å². The zero-order valence-electron chi connectivity index (χ0n) is 8.23. The summed E-state index contributed by atoms with van der Waals surface area (Å²) in [6.45, 7) is 1.95. The minimum atomic E-state index is 0.773. The predicted octanol–water partition coefficient (Wildman–Crippen LogP) is 2.37. The zero-order chi connectivity index (χ0) is 10.1. The first-order valence-corrected chi connectivity index (χ1v) is 4.47. The summed E-state index contributed by atoms with van der Waals surface area (Å²) in [4.78, 5) is 4.38. The van der Waals surface area contributed by atoms with E-state index in [0.717, 1.165) is 27.3 Å². The largest absolute Gasteiger partial charge is 0.289 e. The van der Waals surface area contributed by atoms with Gasteiger partial charge in [0.25, 0.3) is 0 Å². The first kappa shape index (κ1) is 8.97. The molecule has 1 aromatic carbocycles. The molecule has 2 rings (SSSR count). The van der Waals surface area contributed by atoms with Crippen LogP contribution in [-0.2, 0) is 0 Å². The third kappa shape index (κ3) is 1.42. The summed E-state index contributed by atoms with van der Waals surface area (Å²) < 4.78 is 0. The highest BCUT2D eigenvalue weighted by Gasteiger charge is 2.03. The molecule has 0 amide bonds. The van der Waals surface area contributed by atoms with E-state index >= 15 is 0 Å². The molecule has 72 valence electrons. The number of nitrogens with zero attached hydrogens (tertiary/aromatic N) is 2. The van der Waals surface area contributed by atoms with Gasteiger partial charge in [0.2, 0.25) is 0 Å². The van der Waals surface area contributed by atoms with E-state index in [1.165, 1.54) is 0 Å². The second kappa shape index (κ2) is 3.27. The monoisotopic (exact) mass is 188 g/mol. The Hall–Kier alpha value is -1.61. The van der Waals surface area contributed by atoms with Crippen LogP contribution in [0.2, 0.25) is 0 Å². The van der Waals surface area contributed by atoms with Crippen LogP contribution in [0.1, 0.15) is 5.69 Å². The van der Waals surface area contributed by atoms with Gasteiger partial charge in [-0.15, -0.1) is 0 Å². The Labute approximate surface area is 82.6 Å². The van der Waals surface area contributed by atoms with Crippen LogP contribution in [0.4, 0.5) is 5.69 Å². The van der Waals surface area contributed by atoms with Gasteiger partial charge in [0.1, 0.15) is 0 Å². The number of hydrogen-bond donors (Lipinski definition) is 1. The number of benzene rings is 1. The molecule has 0 spiro atoms. The Morgan fingerprint density at radius 1 is 1.21 bits per heavy atom. The fraction of sp³-hybridized carbons (Fsp3) is 0.182. The lowest BCUT2D eigenvalue weighted by Crippen LogP contribution is -2.10. The topological polar surface area (TPSA) is 36.4 Å². The van der Waals surface area contributed by atoms with Gasteiger partial charge in [0.05, 0.1) is 11.2 Å². The second-order valence-electron chi connectivity index (χ2n) is 3.32. The highest BCUT2D eigenvalue weighted by Crippen LogP contribution is 2.23. The highest BCUT2D eigenvalue weighted by atomic mass is 16.5. The van der Waals surface area contributed by atoms with Crippen molar-refractivity contribution in [2.24, 2.45) is 0 Å². The van der Waals surface area contributed by atoms with E-state index in [9.17, 15) is 5.21 Å². The molecule has 0 aliphatic heterocycles. The summed E-state index contributed by atoms with van der Waals surface area (Å²) in [6, 6.07) is 9.60. The number of rotatable bonds is 1. The predicted molar refractivity (Wildman–Crippen MR) is 56.7 cm³/mol. The van der Waals surface area contributed by atoms with Crippen molar-refractivity contribution in [2.45, 2.75) is 6.92 Å². The maximum Gasteiger partial charge on any atom is 0.0726 e. The van der Waals surface area contributed by atoms with Gasteiger partial charge in [-0.2, -0.15) is 0 Å². The standard InChI is InChI=1S/C11H12N2O/c1-8-6-7-9-10(12-8)4-3-5-11(9)13(2)14/h3-7,14H,1-2H3. The summed E-state index contributed by atoms with van der Waals surface area (Å²) >= 11 is 0. The number of fused-ring (bicyclic) bond motifs is 1. The Bertz CT molecular complexity index is 466. The maximum absolute atomic E-state index is 9.40. The third-order valence-corrected chi connectivity index (χ3v) is 2.20. The van der Waals surface area contributed by atoms with Gasteiger partial charge in [-0.3, -0.25) is 15.3 Å². The Kier molecular flexibility index (Phi) is 2.09. The number of aryl methyl sites for hydroxylation is 1. The Morgan fingerprint density at radius 2 is 2.00 bits per heavy atom. The van der Waals surface area contributed by atoms with Crippen LogP contribution in [0.5, 0.6) is 0 Å². The lowest BCUT2D eigenvalue weighted by atomic mass is 10.1. The van der Waals surface area contributed by atoms with Crippen molar-refractivity contribution in [3.63, 3.8) is 0 Å². The van der Waals surface area contributed by atoms with Crippen LogP contribution in [0.15, 0.2) is 30.3 Å². The summed E-state index contributed by atoms with van der Waals surface area (Å²) in [7, 11) is 1.61. The molecule has 3 heteroatoms. The molecule has 1 aromatic heterocycles. The molecule has 0 saturated heterocycles. The molecule has 0 radical (unpaired) electrons. The molecule has 2 aromatic rings. The van der Waals surface area contributed by atoms with Crippen LogP contribution >= 0.6 is 0 Å². The van der Waals surface area contributed by atoms with Gasteiger partial charge in [-0.05, 0) is 31.2 Å². The van der Waals surface area contributed by atoms with Crippen molar-refractivity contribution in [1.82, 2.24) is 4.98 Å². The lowest BCUT2D eigenvalue weighted by Gasteiger charge is -2.12. The van der Waals surface area contributed by atoms with Gasteiger partial charge >= 0.3 is 0 Å². The lowest BCUT2D eigenvalue weighted by molar-refractivity contribution is 0.280. The quantitative estimate of drug-likeness (QED) is 0.698. The summed E-state index contributed by atoms with van der Waals surface area (Å²) in [5.74, 6) is 0. The molecule has 1 heterocycles. The van der Waals surface area contributed by atoms with Gasteiger partial charge in [-0.25, -0.2) is 0 Å². The van der Waals surface area contributed by atoms with Gasteiger partial charge in [0, 0.05) is 18.1 Å². The molecule has 0 atom stereocenters. The SMILES string of the molecule is Cc1ccc2c(N(C)O)cccc2n1. The first-order valence-electron chi connectivity index (χ1n) is 4.47. The van der Waals surface area contributed by atoms with Crippen molar-refractivity contribution in [1.29, 1.82) is 0 Å². The van der Waals surface area contributed by atoms with Crippen LogP contribution in [-0.4, -0.2) is 17.2 Å². The van der Waals surface area contributed by atoms with Crippen molar-refractivity contribution < 1.29 is 5.21 Å². The van der Waals surface area contributed by atoms with E-state index in [1.807, 2.05) is 37.3 Å². The summed E-state index contributed by atoms with van der Waals surface area (Å²) in [6.07, 6.45) is 0. The molecule has 1 N–H and O–H groups in total. The Morgan fingerprint density at radius 3 is 2.71 bits per heavy atom. The molecular formula is C11H12N2O. The van der Waals surface area contributed by atoms with Gasteiger partial charge in [0.15, 0.2) is 0 Å². The fourth-order valence-electron chi connectivity index (χ4n) is 1.52. The van der Waals surface area contributed by atoms with Crippen LogP contribution in [0.25, 0.3) is 10.9 Å². The fourth-order valence-corrected chi connectivity index (χ4v) is 1.52. The van der Waals surface area contributed by atoms with E-state index in [2.05, 4.69) is 4.98 Å². The smallest absolute Gasteiger partial charge is 0.0726 e. The molecule has 0 aliphatic rings. The van der Waals surface area contributed by atoms with E-state index < -0.39 is 0 Å². The first-order chi connectivity index (χ1) is 6.68. The molecule has 14 heavy (non-hydrogen) atoms. The molecule has 0 aliphatic carbocycles. The van der Waals surface area contributed by atoms with Crippen LogP contribution < -0.4 is 5.06 Å². The van der Waals surface area contributed by atoms with Crippen molar-refractivity contribution in [2.75, 3.05) is 12.1 Å². The third-order valence-electron chi connectivity index (χ3n) is 2.20. The minimum Gasteiger partial charge on any atom is -0.289 e. The Balaban J connectivity index is 2.75. The summed E-state index contributed by atoms with van der Waals surface area (Å²) in [5, 5.41) is 11.5. The average Bonchev–Trinajstić information content (AvgIpc) is 2.16. The van der Waals surface area contributed by atoms with Crippen molar-refractivity contribution >= 4 is 16.6 Å². The number of pyridine rings is 1. The van der Waals surface area contributed by atoms with E-state index in [4.69, 9.17) is 0 Å². The molecule has 0 fully saturated rings. The number of hydroxylamine groups is 1. The van der Waals surface area contributed by atoms with Crippen molar-refractivity contribution in [3.05, 3.63) is 36.0 Å². The maximum atomic E-state index is 9.40. The second-order valence-corrected chi connectivity index (χ2v) is 3.32. The molecule has 0 unspecified atom stereocenters. The molecule has 0 saturated carbocycles. The number of hydrogen-bond acceptors (Lipinski definition) is 3. The van der Waals surface area contributed by atoms with Gasteiger partial charge < -0.3 is 0 Å². The van der Waals surface area contributed by atoms with Crippen LogP contribution in [0.3, 0.4) is 0 Å². The van der Waals surface area contributed by atoms with Gasteiger partial charge in [-0.1, -0.05) is 6.07 Å². The molecule has 3 nitrogen and oxygen atoms in total. The normalized spacial score (nSPS) is 10.5. The molecular weight excluding hydrogens is 176 g/mol. The molecule has 0 bridgehead atoms. The minimum absolute atomic E-state index is 0.773. The van der Waals surface area contributed by atoms with Crippen molar-refractivity contribution in [3.8, 4) is 0 Å². The number of aromatic nitrogens is 1. The summed E-state index contributed by atoms with van der Waals surface area (Å²) in [5.41, 5.74) is 2.66.